The second kappa shape index (κ2) is 9.22. The van der Waals surface area contributed by atoms with E-state index >= 15 is 0 Å². The topological polar surface area (TPSA) is 101 Å². The lowest BCUT2D eigenvalue weighted by Crippen LogP contribution is -2.45. The Balaban J connectivity index is 1.60. The van der Waals surface area contributed by atoms with E-state index in [0.29, 0.717) is 28.4 Å². The van der Waals surface area contributed by atoms with Crippen LogP contribution in [-0.2, 0) is 6.54 Å². The highest BCUT2D eigenvalue weighted by molar-refractivity contribution is 7.13. The Hall–Kier alpha value is -4.18. The van der Waals surface area contributed by atoms with Gasteiger partial charge in [-0.1, -0.05) is 29.4 Å². The summed E-state index contributed by atoms with van der Waals surface area (Å²) in [5, 5.41) is 19.4. The number of thiophene rings is 1. The molecule has 0 saturated carbocycles. The summed E-state index contributed by atoms with van der Waals surface area (Å²) in [6, 6.07) is 13.6. The number of rotatable bonds is 6. The summed E-state index contributed by atoms with van der Waals surface area (Å²) >= 11 is 1.49. The van der Waals surface area contributed by atoms with Crippen molar-refractivity contribution in [1.82, 2.24) is 20.4 Å². The van der Waals surface area contributed by atoms with Crippen LogP contribution < -0.4 is 10.1 Å². The van der Waals surface area contributed by atoms with Crippen LogP contribution in [0.3, 0.4) is 0 Å². The van der Waals surface area contributed by atoms with Gasteiger partial charge in [0, 0.05) is 5.70 Å². The third kappa shape index (κ3) is 4.35. The van der Waals surface area contributed by atoms with Crippen molar-refractivity contribution in [2.24, 2.45) is 0 Å². The van der Waals surface area contributed by atoms with Crippen LogP contribution in [0.5, 0.6) is 11.5 Å². The molecule has 3 heterocycles. The van der Waals surface area contributed by atoms with Gasteiger partial charge in [-0.2, -0.15) is 4.98 Å². The highest BCUT2D eigenvalue weighted by atomic mass is 32.1. The average Bonchev–Trinajstić information content (AvgIpc) is 3.55. The number of carbonyl (C=O) groups excluding carboxylic acids is 1. The smallest absolute Gasteiger partial charge is 0.322 e. The Bertz CT molecular complexity index is 1400. The van der Waals surface area contributed by atoms with Crippen LogP contribution in [0.2, 0.25) is 0 Å². The minimum atomic E-state index is -0.666. The molecule has 0 fully saturated rings. The van der Waals surface area contributed by atoms with Crippen molar-refractivity contribution in [3.05, 3.63) is 88.5 Å². The summed E-state index contributed by atoms with van der Waals surface area (Å²) in [5.41, 5.74) is 2.56. The predicted molar refractivity (Wildman–Crippen MR) is 128 cm³/mol. The third-order valence-electron chi connectivity index (χ3n) is 5.78. The third-order valence-corrected chi connectivity index (χ3v) is 6.65. The summed E-state index contributed by atoms with van der Waals surface area (Å²) in [7, 11) is 1.46. The molecule has 0 bridgehead atoms. The minimum absolute atomic E-state index is 0.0604. The van der Waals surface area contributed by atoms with Crippen LogP contribution in [0.4, 0.5) is 9.18 Å². The first-order valence-electron chi connectivity index (χ1n) is 10.7. The van der Waals surface area contributed by atoms with Gasteiger partial charge in [-0.05, 0) is 53.8 Å². The van der Waals surface area contributed by atoms with Crippen molar-refractivity contribution in [1.29, 1.82) is 0 Å². The molecule has 1 unspecified atom stereocenters. The molecule has 2 N–H and O–H groups in total. The summed E-state index contributed by atoms with van der Waals surface area (Å²) in [6.07, 6.45) is 0. The van der Waals surface area contributed by atoms with Crippen LogP contribution in [0.25, 0.3) is 16.3 Å². The van der Waals surface area contributed by atoms with Gasteiger partial charge < -0.3 is 19.7 Å². The van der Waals surface area contributed by atoms with Crippen molar-refractivity contribution in [2.45, 2.75) is 19.5 Å². The largest absolute Gasteiger partial charge is 0.504 e. The van der Waals surface area contributed by atoms with E-state index in [1.54, 1.807) is 31.2 Å². The van der Waals surface area contributed by atoms with Gasteiger partial charge in [-0.15, -0.1) is 11.3 Å². The Morgan fingerprint density at radius 1 is 1.23 bits per heavy atom. The van der Waals surface area contributed by atoms with Crippen LogP contribution >= 0.6 is 11.3 Å². The first kappa shape index (κ1) is 22.6. The van der Waals surface area contributed by atoms with E-state index in [2.05, 4.69) is 15.5 Å². The number of aromatic nitrogens is 2. The monoisotopic (exact) mass is 492 g/mol. The number of allylic oxidation sites excluding steroid dienone is 1. The molecule has 2 aromatic carbocycles. The number of aromatic hydroxyl groups is 1. The van der Waals surface area contributed by atoms with E-state index in [0.717, 1.165) is 10.4 Å². The number of nitrogens with one attached hydrogen (secondary N) is 1. The lowest BCUT2D eigenvalue weighted by molar-refractivity contribution is 0.203. The lowest BCUT2D eigenvalue weighted by atomic mass is 9.94. The molecular formula is C25H21FN4O4S. The Labute approximate surface area is 204 Å². The summed E-state index contributed by atoms with van der Waals surface area (Å²) in [5.74, 6) is 0.587. The van der Waals surface area contributed by atoms with E-state index in [1.807, 2.05) is 17.5 Å². The van der Waals surface area contributed by atoms with Gasteiger partial charge in [0.2, 0.25) is 5.82 Å². The Morgan fingerprint density at radius 2 is 2.03 bits per heavy atom. The van der Waals surface area contributed by atoms with Crippen LogP contribution in [0.15, 0.2) is 70.2 Å². The van der Waals surface area contributed by atoms with E-state index in [9.17, 15) is 14.3 Å². The maximum atomic E-state index is 13.4. The maximum absolute atomic E-state index is 13.4. The molecule has 4 aromatic rings. The second-order valence-corrected chi connectivity index (χ2v) is 8.87. The van der Waals surface area contributed by atoms with Gasteiger partial charge in [-0.25, -0.2) is 9.18 Å². The fraction of sp³-hybridized carbons (Fsp3) is 0.160. The number of hydrogen-bond donors (Lipinski definition) is 2. The number of urea groups is 1. The van der Waals surface area contributed by atoms with Gasteiger partial charge in [0.05, 0.1) is 30.1 Å². The molecule has 2 aromatic heterocycles. The molecule has 0 radical (unpaired) electrons. The number of halogens is 1. The number of ether oxygens (including phenoxy) is 1. The van der Waals surface area contributed by atoms with Crippen LogP contribution in [0, 0.1) is 5.82 Å². The van der Waals surface area contributed by atoms with E-state index < -0.39 is 6.04 Å². The fourth-order valence-electron chi connectivity index (χ4n) is 4.00. The molecule has 0 spiro atoms. The molecule has 8 nitrogen and oxygen atoms in total. The first-order valence-corrected chi connectivity index (χ1v) is 11.6. The SMILES string of the molecule is COc1ccc(C2NC(=O)N(Cc3ccc(F)cc3)C(C)=C2c2nc(-c3cccs3)no2)cc1O. The zero-order valence-corrected chi connectivity index (χ0v) is 19.7. The molecule has 35 heavy (non-hydrogen) atoms. The second-order valence-electron chi connectivity index (χ2n) is 7.93. The minimum Gasteiger partial charge on any atom is -0.504 e. The normalized spacial score (nSPS) is 15.9. The highest BCUT2D eigenvalue weighted by Gasteiger charge is 2.36. The van der Waals surface area contributed by atoms with Crippen molar-refractivity contribution in [3.63, 3.8) is 0 Å². The number of phenolic OH excluding ortho intramolecular Hbond substituents is 1. The molecular weight excluding hydrogens is 471 g/mol. The maximum Gasteiger partial charge on any atom is 0.322 e. The number of amides is 2. The molecule has 1 aliphatic heterocycles. The molecule has 1 atom stereocenters. The van der Waals surface area contributed by atoms with Crippen molar-refractivity contribution in [3.8, 4) is 22.2 Å². The van der Waals surface area contributed by atoms with Crippen molar-refractivity contribution >= 4 is 22.9 Å². The number of phenols is 1. The van der Waals surface area contributed by atoms with Gasteiger partial charge in [-0.3, -0.25) is 4.90 Å². The van der Waals surface area contributed by atoms with E-state index in [-0.39, 0.29) is 30.0 Å². The standard InChI is InChI=1S/C25H21FN4O4S/c1-14-21(24-28-23(29-34-24)20-4-3-11-35-20)22(16-7-10-19(33-2)18(31)12-16)27-25(32)30(14)13-15-5-8-17(26)9-6-15/h3-12,22,31H,13H2,1-2H3,(H,27,32). The number of nitrogens with zero attached hydrogens (tertiary/aromatic N) is 3. The fourth-order valence-corrected chi connectivity index (χ4v) is 4.65. The van der Waals surface area contributed by atoms with Crippen molar-refractivity contribution in [2.75, 3.05) is 7.11 Å². The zero-order valence-electron chi connectivity index (χ0n) is 18.9. The number of hydrogen-bond acceptors (Lipinski definition) is 7. The molecule has 2 amide bonds. The Kier molecular flexibility index (Phi) is 5.96. The van der Waals surface area contributed by atoms with Crippen LogP contribution in [0.1, 0.15) is 30.0 Å². The lowest BCUT2D eigenvalue weighted by Gasteiger charge is -2.35. The van der Waals surface area contributed by atoms with Gasteiger partial charge in [0.25, 0.3) is 5.89 Å². The summed E-state index contributed by atoms with van der Waals surface area (Å²) < 4.78 is 24.2. The average molecular weight is 493 g/mol. The van der Waals surface area contributed by atoms with Gasteiger partial charge in [0.15, 0.2) is 11.5 Å². The van der Waals surface area contributed by atoms with Crippen molar-refractivity contribution < 1.29 is 23.6 Å². The van der Waals surface area contributed by atoms with E-state index in [4.69, 9.17) is 9.26 Å². The first-order chi connectivity index (χ1) is 16.9. The van der Waals surface area contributed by atoms with Gasteiger partial charge >= 0.3 is 6.03 Å². The molecule has 0 aliphatic carbocycles. The molecule has 178 valence electrons. The summed E-state index contributed by atoms with van der Waals surface area (Å²) in [6.45, 7) is 2.01. The predicted octanol–water partition coefficient (Wildman–Crippen LogP) is 5.35. The van der Waals surface area contributed by atoms with E-state index in [1.165, 1.54) is 41.5 Å². The summed E-state index contributed by atoms with van der Waals surface area (Å²) in [4.78, 5) is 20.2. The molecule has 5 rings (SSSR count). The molecule has 10 heteroatoms. The van der Waals surface area contributed by atoms with Gasteiger partial charge in [0.1, 0.15) is 5.82 Å². The zero-order chi connectivity index (χ0) is 24.5. The number of carbonyl (C=O) groups is 1. The number of benzene rings is 2. The van der Waals surface area contributed by atoms with Crippen LogP contribution in [-0.4, -0.2) is 33.3 Å². The molecule has 0 saturated heterocycles. The quantitative estimate of drug-likeness (QED) is 0.376. The Morgan fingerprint density at radius 3 is 2.71 bits per heavy atom. The highest BCUT2D eigenvalue weighted by Crippen LogP contribution is 2.40. The molecule has 1 aliphatic rings. The number of methoxy groups -OCH3 is 1.